The number of hydrogen-bond donors (Lipinski definition) is 0. The molecular weight excluding hydrogens is 404 g/mol. The molecule has 0 saturated carbocycles. The van der Waals surface area contributed by atoms with Crippen LogP contribution >= 0.6 is 35.1 Å². The lowest BCUT2D eigenvalue weighted by atomic mass is 10.2. The van der Waals surface area contributed by atoms with Gasteiger partial charge in [0, 0.05) is 11.8 Å². The lowest BCUT2D eigenvalue weighted by molar-refractivity contribution is -0.138. The summed E-state index contributed by atoms with van der Waals surface area (Å²) in [4.78, 5) is 23.8. The van der Waals surface area contributed by atoms with E-state index in [0.29, 0.717) is 10.6 Å². The molecule has 1 rings (SSSR count). The third-order valence-electron chi connectivity index (χ3n) is 2.67. The molecule has 0 N–H and O–H groups in total. The monoisotopic (exact) mass is 416 g/mol. The van der Waals surface area contributed by atoms with E-state index in [-0.39, 0.29) is 23.1 Å². The van der Waals surface area contributed by atoms with Crippen LogP contribution in [-0.4, -0.2) is 36.1 Å². The summed E-state index contributed by atoms with van der Waals surface area (Å²) in [5.41, 5.74) is -1.68. The Balaban J connectivity index is 3.21. The number of thioether (sulfide) groups is 1. The average molecular weight is 417 g/mol. The summed E-state index contributed by atoms with van der Waals surface area (Å²) in [5, 5.41) is 3.30. The largest absolute Gasteiger partial charge is 0.461 e. The maximum atomic E-state index is 12.7. The van der Waals surface area contributed by atoms with Crippen molar-refractivity contribution in [2.75, 3.05) is 23.1 Å². The van der Waals surface area contributed by atoms with Crippen LogP contribution in [0.15, 0.2) is 23.3 Å². The summed E-state index contributed by atoms with van der Waals surface area (Å²) in [6, 6.07) is 2.39. The number of hydrazone groups is 1. The molecular formula is C14H13Cl2F3N2O3S. The van der Waals surface area contributed by atoms with E-state index >= 15 is 0 Å². The van der Waals surface area contributed by atoms with E-state index in [9.17, 15) is 22.8 Å². The quantitative estimate of drug-likeness (QED) is 0.219. The van der Waals surface area contributed by atoms with Crippen molar-refractivity contribution in [1.29, 1.82) is 0 Å². The fourth-order valence-corrected chi connectivity index (χ4v) is 2.51. The zero-order valence-electron chi connectivity index (χ0n) is 13.1. The molecule has 1 aromatic rings. The second-order valence-corrected chi connectivity index (χ2v) is 6.04. The molecule has 11 heteroatoms. The number of anilines is 1. The highest BCUT2D eigenvalue weighted by Gasteiger charge is 2.31. The molecule has 0 aliphatic heterocycles. The van der Waals surface area contributed by atoms with Crippen molar-refractivity contribution in [3.05, 3.63) is 28.8 Å². The van der Waals surface area contributed by atoms with Crippen LogP contribution in [0, 0.1) is 0 Å². The number of esters is 1. The number of benzene rings is 1. The number of carbonyl (C=O) groups is 2. The Morgan fingerprint density at radius 3 is 2.48 bits per heavy atom. The first-order valence-corrected chi connectivity index (χ1v) is 8.83. The van der Waals surface area contributed by atoms with E-state index in [1.54, 1.807) is 13.2 Å². The van der Waals surface area contributed by atoms with Gasteiger partial charge in [-0.05, 0) is 31.4 Å². The maximum absolute atomic E-state index is 12.7. The lowest BCUT2D eigenvalue weighted by Crippen LogP contribution is -2.30. The predicted molar refractivity (Wildman–Crippen MR) is 92.2 cm³/mol. The van der Waals surface area contributed by atoms with Gasteiger partial charge in [-0.25, -0.2) is 4.79 Å². The predicted octanol–water partition coefficient (Wildman–Crippen LogP) is 4.17. The zero-order chi connectivity index (χ0) is 19.2. The minimum Gasteiger partial charge on any atom is -0.461 e. The van der Waals surface area contributed by atoms with Crippen molar-refractivity contribution in [2.24, 2.45) is 5.10 Å². The first-order chi connectivity index (χ1) is 11.6. The Labute approximate surface area is 156 Å². The molecule has 0 fully saturated rings. The lowest BCUT2D eigenvalue weighted by Gasteiger charge is -2.15. The van der Waals surface area contributed by atoms with Crippen LogP contribution in [-0.2, 0) is 20.5 Å². The first-order valence-electron chi connectivity index (χ1n) is 6.72. The summed E-state index contributed by atoms with van der Waals surface area (Å²) < 4.78 is 43.2. The van der Waals surface area contributed by atoms with E-state index in [2.05, 4.69) is 5.10 Å². The number of ketones is 1. The molecule has 0 unspecified atom stereocenters. The van der Waals surface area contributed by atoms with Crippen LogP contribution in [0.1, 0.15) is 12.5 Å². The molecule has 0 aliphatic rings. The van der Waals surface area contributed by atoms with Crippen LogP contribution in [0.4, 0.5) is 18.9 Å². The number of halogens is 5. The van der Waals surface area contributed by atoms with Gasteiger partial charge in [0.1, 0.15) is 0 Å². The molecule has 138 valence electrons. The van der Waals surface area contributed by atoms with Crippen molar-refractivity contribution in [3.8, 4) is 0 Å². The fraction of sp³-hybridized carbons (Fsp3) is 0.357. The first kappa shape index (κ1) is 21.6. The van der Waals surface area contributed by atoms with Crippen molar-refractivity contribution in [1.82, 2.24) is 0 Å². The molecule has 0 aliphatic carbocycles. The van der Waals surface area contributed by atoms with E-state index < -0.39 is 29.2 Å². The zero-order valence-corrected chi connectivity index (χ0v) is 15.4. The van der Waals surface area contributed by atoms with E-state index in [1.165, 1.54) is 0 Å². The van der Waals surface area contributed by atoms with Gasteiger partial charge >= 0.3 is 12.1 Å². The van der Waals surface area contributed by atoms with Gasteiger partial charge in [-0.3, -0.25) is 4.79 Å². The number of nitrogens with zero attached hydrogens (tertiary/aromatic N) is 2. The topological polar surface area (TPSA) is 59.0 Å². The molecule has 5 nitrogen and oxygen atoms in total. The third-order valence-corrected chi connectivity index (χ3v) is 3.78. The standard InChI is InChI=1S/C14H13Cl2F3N2O3S/c1-3-24-13(23)12(11(22)7-25-2)20-21(16)10-5-4-8(6-9(10)15)14(17,18)19/h4-6H,3,7H2,1-2H3. The Morgan fingerprint density at radius 1 is 1.36 bits per heavy atom. The summed E-state index contributed by atoms with van der Waals surface area (Å²) in [5.74, 6) is -1.68. The highest BCUT2D eigenvalue weighted by molar-refractivity contribution is 7.99. The highest BCUT2D eigenvalue weighted by atomic mass is 35.5. The van der Waals surface area contributed by atoms with Gasteiger partial charge in [-0.2, -0.15) is 29.5 Å². The van der Waals surface area contributed by atoms with Crippen molar-refractivity contribution in [2.45, 2.75) is 13.1 Å². The molecule has 0 aromatic heterocycles. The molecule has 0 saturated heterocycles. The summed E-state index contributed by atoms with van der Waals surface area (Å²) in [6.45, 7) is 1.55. The smallest absolute Gasteiger partial charge is 0.416 e. The highest BCUT2D eigenvalue weighted by Crippen LogP contribution is 2.35. The number of rotatable bonds is 7. The molecule has 0 heterocycles. The maximum Gasteiger partial charge on any atom is 0.416 e. The van der Waals surface area contributed by atoms with E-state index in [0.717, 1.165) is 23.9 Å². The molecule has 25 heavy (non-hydrogen) atoms. The van der Waals surface area contributed by atoms with Crippen LogP contribution in [0.5, 0.6) is 0 Å². The van der Waals surface area contributed by atoms with Gasteiger partial charge in [0.15, 0.2) is 5.78 Å². The molecule has 0 spiro atoms. The summed E-state index contributed by atoms with van der Waals surface area (Å²) >= 11 is 12.8. The number of alkyl halides is 3. The van der Waals surface area contributed by atoms with Crippen LogP contribution in [0.2, 0.25) is 5.02 Å². The van der Waals surface area contributed by atoms with E-state index in [4.69, 9.17) is 28.1 Å². The summed E-state index contributed by atoms with van der Waals surface area (Å²) in [6.07, 6.45) is -2.93. The Kier molecular flexibility index (Phi) is 8.04. The normalized spacial score (nSPS) is 12.0. The number of ether oxygens (including phenoxy) is 1. The van der Waals surface area contributed by atoms with Crippen molar-refractivity contribution < 1.29 is 27.5 Å². The Morgan fingerprint density at radius 2 is 2.00 bits per heavy atom. The van der Waals surface area contributed by atoms with Gasteiger partial charge in [0.05, 0.1) is 28.6 Å². The second kappa shape index (κ2) is 9.30. The van der Waals surface area contributed by atoms with Crippen molar-refractivity contribution >= 4 is 58.3 Å². The number of hydrogen-bond acceptors (Lipinski definition) is 6. The van der Waals surface area contributed by atoms with Gasteiger partial charge in [-0.15, -0.1) is 5.10 Å². The molecule has 1 aromatic carbocycles. The Bertz CT molecular complexity index is 664. The molecule has 0 atom stereocenters. The van der Waals surface area contributed by atoms with Crippen molar-refractivity contribution in [3.63, 3.8) is 0 Å². The van der Waals surface area contributed by atoms with Gasteiger partial charge in [0.25, 0.3) is 0 Å². The Hall–Kier alpha value is -1.45. The van der Waals surface area contributed by atoms with E-state index in [1.807, 2.05) is 0 Å². The van der Waals surface area contributed by atoms with Gasteiger partial charge in [-0.1, -0.05) is 11.6 Å². The number of carbonyl (C=O) groups excluding carboxylic acids is 2. The average Bonchev–Trinajstić information content (AvgIpc) is 2.51. The van der Waals surface area contributed by atoms with Crippen LogP contribution in [0.3, 0.4) is 0 Å². The minimum atomic E-state index is -4.58. The third kappa shape index (κ3) is 6.09. The molecule has 0 radical (unpaired) electrons. The SMILES string of the molecule is CCOC(=O)C(=NN(Cl)c1ccc(C(F)(F)F)cc1Cl)C(=O)CSC. The minimum absolute atomic E-state index is 0.00766. The fourth-order valence-electron chi connectivity index (χ4n) is 1.58. The van der Waals surface area contributed by atoms with Crippen LogP contribution in [0.25, 0.3) is 0 Å². The summed E-state index contributed by atoms with van der Waals surface area (Å²) in [7, 11) is 0. The van der Waals surface area contributed by atoms with Gasteiger partial charge < -0.3 is 4.74 Å². The molecule has 0 amide bonds. The van der Waals surface area contributed by atoms with Crippen LogP contribution < -0.4 is 4.53 Å². The number of Topliss-reactive ketones (excluding diaryl/α,β-unsaturated/α-hetero) is 1. The van der Waals surface area contributed by atoms with Gasteiger partial charge in [0.2, 0.25) is 5.71 Å². The molecule has 0 bridgehead atoms. The second-order valence-electron chi connectivity index (χ2n) is 4.45.